The molecule has 2 N–H and O–H groups in total. The Morgan fingerprint density at radius 3 is 2.45 bits per heavy atom. The predicted molar refractivity (Wildman–Crippen MR) is 161 cm³/mol. The SMILES string of the molecule is COc1ccc(C(C)(C)C)cc1CN[C@H]1[C@H](C(C)(C)C)[C@@H](C(=O)O)N(C(=O)[C@H]2CCCCO2)[C@H]1c1cccnc1OC(F)F. The number of aromatic nitrogens is 1. The number of rotatable bonds is 9. The molecule has 0 spiro atoms. The summed E-state index contributed by atoms with van der Waals surface area (Å²) in [6, 6.07) is 6.11. The Balaban J connectivity index is 1.89. The third-order valence-corrected chi connectivity index (χ3v) is 8.62. The monoisotopic (exact) mass is 617 g/mol. The van der Waals surface area contributed by atoms with E-state index in [1.807, 2.05) is 39.0 Å². The number of amides is 1. The summed E-state index contributed by atoms with van der Waals surface area (Å²) in [4.78, 5) is 32.8. The van der Waals surface area contributed by atoms with E-state index in [1.165, 1.54) is 11.1 Å². The van der Waals surface area contributed by atoms with E-state index in [4.69, 9.17) is 14.2 Å². The summed E-state index contributed by atoms with van der Waals surface area (Å²) in [5.74, 6) is -2.02. The zero-order valence-electron chi connectivity index (χ0n) is 26.6. The number of carboxylic acid groups (broad SMARTS) is 1. The summed E-state index contributed by atoms with van der Waals surface area (Å²) in [7, 11) is 1.58. The lowest BCUT2D eigenvalue weighted by molar-refractivity contribution is -0.159. The van der Waals surface area contributed by atoms with Crippen LogP contribution in [-0.2, 0) is 26.3 Å². The van der Waals surface area contributed by atoms with E-state index in [0.29, 0.717) is 18.8 Å². The van der Waals surface area contributed by atoms with E-state index < -0.39 is 54.1 Å². The maximum Gasteiger partial charge on any atom is 0.388 e. The second kappa shape index (κ2) is 13.4. The first kappa shape index (κ1) is 33.6. The Bertz CT molecular complexity index is 1320. The molecule has 11 heteroatoms. The third kappa shape index (κ3) is 7.15. The van der Waals surface area contributed by atoms with Crippen LogP contribution in [0, 0.1) is 11.3 Å². The summed E-state index contributed by atoms with van der Waals surface area (Å²) in [5, 5.41) is 14.3. The summed E-state index contributed by atoms with van der Waals surface area (Å²) in [5.41, 5.74) is 1.35. The van der Waals surface area contributed by atoms with Crippen LogP contribution < -0.4 is 14.8 Å². The molecule has 5 atom stereocenters. The first-order valence-electron chi connectivity index (χ1n) is 15.1. The lowest BCUT2D eigenvalue weighted by Gasteiger charge is -2.36. The number of carbonyl (C=O) groups is 2. The van der Waals surface area contributed by atoms with Crippen LogP contribution in [0.2, 0.25) is 0 Å². The Morgan fingerprint density at radius 2 is 1.89 bits per heavy atom. The second-order valence-corrected chi connectivity index (χ2v) is 13.7. The number of methoxy groups -OCH3 is 1. The Hall–Kier alpha value is -3.31. The van der Waals surface area contributed by atoms with Gasteiger partial charge in [-0.05, 0) is 53.9 Å². The van der Waals surface area contributed by atoms with Crippen molar-refractivity contribution in [3.05, 3.63) is 53.2 Å². The van der Waals surface area contributed by atoms with Gasteiger partial charge in [0.1, 0.15) is 17.9 Å². The first-order chi connectivity index (χ1) is 20.6. The predicted octanol–water partition coefficient (Wildman–Crippen LogP) is 5.72. The zero-order chi connectivity index (χ0) is 32.4. The highest BCUT2D eigenvalue weighted by Crippen LogP contribution is 2.50. The number of aliphatic carboxylic acids is 1. The minimum atomic E-state index is -3.17. The number of carboxylic acids is 1. The van der Waals surface area contributed by atoms with Gasteiger partial charge in [-0.25, -0.2) is 9.78 Å². The largest absolute Gasteiger partial charge is 0.496 e. The highest BCUT2D eigenvalue weighted by molar-refractivity contribution is 5.88. The van der Waals surface area contributed by atoms with Gasteiger partial charge in [-0.15, -0.1) is 0 Å². The molecule has 2 aromatic rings. The molecule has 3 heterocycles. The number of halogens is 2. The van der Waals surface area contributed by atoms with Gasteiger partial charge in [0.2, 0.25) is 5.88 Å². The quantitative estimate of drug-likeness (QED) is 0.368. The molecule has 242 valence electrons. The van der Waals surface area contributed by atoms with E-state index in [-0.39, 0.29) is 23.4 Å². The van der Waals surface area contributed by atoms with Gasteiger partial charge >= 0.3 is 12.6 Å². The fraction of sp³-hybridized carbons (Fsp3) is 0.606. The van der Waals surface area contributed by atoms with Gasteiger partial charge in [0.05, 0.1) is 13.2 Å². The first-order valence-corrected chi connectivity index (χ1v) is 15.1. The number of hydrogen-bond donors (Lipinski definition) is 2. The van der Waals surface area contributed by atoms with Crippen molar-refractivity contribution < 1.29 is 37.7 Å². The lowest BCUT2D eigenvalue weighted by atomic mass is 9.72. The van der Waals surface area contributed by atoms with Crippen LogP contribution in [0.25, 0.3) is 0 Å². The van der Waals surface area contributed by atoms with Gasteiger partial charge in [-0.1, -0.05) is 53.7 Å². The summed E-state index contributed by atoms with van der Waals surface area (Å²) >= 11 is 0. The normalized spacial score (nSPS) is 24.4. The molecule has 2 aliphatic rings. The fourth-order valence-corrected chi connectivity index (χ4v) is 6.58. The van der Waals surface area contributed by atoms with Crippen molar-refractivity contribution in [1.82, 2.24) is 15.2 Å². The van der Waals surface area contributed by atoms with Crippen LogP contribution in [0.3, 0.4) is 0 Å². The molecule has 44 heavy (non-hydrogen) atoms. The minimum absolute atomic E-state index is 0.139. The highest BCUT2D eigenvalue weighted by Gasteiger charge is 2.59. The molecule has 1 aromatic heterocycles. The van der Waals surface area contributed by atoms with Crippen molar-refractivity contribution in [3.8, 4) is 11.6 Å². The van der Waals surface area contributed by atoms with Gasteiger partial charge < -0.3 is 29.5 Å². The molecule has 0 aliphatic carbocycles. The third-order valence-electron chi connectivity index (χ3n) is 8.62. The van der Waals surface area contributed by atoms with Crippen LogP contribution >= 0.6 is 0 Å². The molecule has 9 nitrogen and oxygen atoms in total. The molecule has 0 saturated carbocycles. The van der Waals surface area contributed by atoms with Crippen LogP contribution in [-0.4, -0.2) is 65.4 Å². The smallest absolute Gasteiger partial charge is 0.388 e. The van der Waals surface area contributed by atoms with Crippen molar-refractivity contribution in [2.24, 2.45) is 11.3 Å². The van der Waals surface area contributed by atoms with Crippen molar-refractivity contribution in [3.63, 3.8) is 0 Å². The van der Waals surface area contributed by atoms with Gasteiger partial charge in [-0.2, -0.15) is 8.78 Å². The second-order valence-electron chi connectivity index (χ2n) is 13.7. The molecule has 1 amide bonds. The molecule has 2 saturated heterocycles. The Kier molecular flexibility index (Phi) is 10.2. The van der Waals surface area contributed by atoms with Crippen molar-refractivity contribution >= 4 is 11.9 Å². The van der Waals surface area contributed by atoms with Crippen LogP contribution in [0.5, 0.6) is 11.6 Å². The molecule has 2 aliphatic heterocycles. The average molecular weight is 618 g/mol. The highest BCUT2D eigenvalue weighted by atomic mass is 19.3. The van der Waals surface area contributed by atoms with E-state index >= 15 is 0 Å². The summed E-state index contributed by atoms with van der Waals surface area (Å²) in [6.07, 6.45) is 2.49. The van der Waals surface area contributed by atoms with Gasteiger partial charge in [0, 0.05) is 42.4 Å². The Labute approximate surface area is 258 Å². The van der Waals surface area contributed by atoms with Crippen molar-refractivity contribution in [2.75, 3.05) is 13.7 Å². The minimum Gasteiger partial charge on any atom is -0.496 e. The molecule has 0 radical (unpaired) electrons. The molecule has 2 fully saturated rings. The molecule has 1 aromatic carbocycles. The van der Waals surface area contributed by atoms with Crippen molar-refractivity contribution in [2.45, 2.75) is 104 Å². The van der Waals surface area contributed by atoms with E-state index in [2.05, 4.69) is 31.1 Å². The number of nitrogens with zero attached hydrogens (tertiary/aromatic N) is 2. The number of pyridine rings is 1. The summed E-state index contributed by atoms with van der Waals surface area (Å²) in [6.45, 7) is 9.57. The van der Waals surface area contributed by atoms with Gasteiger partial charge in [0.15, 0.2) is 0 Å². The van der Waals surface area contributed by atoms with Gasteiger partial charge in [-0.3, -0.25) is 4.79 Å². The topological polar surface area (TPSA) is 110 Å². The number of likely N-dealkylation sites (tertiary alicyclic amines) is 1. The number of ether oxygens (including phenoxy) is 3. The van der Waals surface area contributed by atoms with E-state index in [9.17, 15) is 23.5 Å². The molecule has 4 rings (SSSR count). The molecular formula is C33H45F2N3O6. The van der Waals surface area contributed by atoms with E-state index in [1.54, 1.807) is 19.2 Å². The number of benzene rings is 1. The number of nitrogens with one attached hydrogen (secondary N) is 1. The zero-order valence-corrected chi connectivity index (χ0v) is 26.6. The molecule has 0 bridgehead atoms. The van der Waals surface area contributed by atoms with Crippen LogP contribution in [0.15, 0.2) is 36.5 Å². The van der Waals surface area contributed by atoms with Crippen LogP contribution in [0.4, 0.5) is 8.78 Å². The fourth-order valence-electron chi connectivity index (χ4n) is 6.58. The number of hydrogen-bond acceptors (Lipinski definition) is 7. The molecular weight excluding hydrogens is 572 g/mol. The standard InChI is InChI=1S/C33H45F2N3O6/c1-32(2,3)20-13-14-22(42-7)19(17-20)18-37-25-24(33(4,5)6)27(30(40)41)38(29(39)23-12-8-9-16-43-23)26(25)21-11-10-15-36-28(21)44-31(34)35/h10-11,13-15,17,23-27,31,37H,8-9,12,16,18H2,1-7H3,(H,40,41)/t23-,24+,25+,26+,27+/m1/s1. The number of alkyl halides is 2. The Morgan fingerprint density at radius 1 is 1.16 bits per heavy atom. The summed E-state index contributed by atoms with van der Waals surface area (Å²) < 4.78 is 43.5. The maximum atomic E-state index is 14.3. The van der Waals surface area contributed by atoms with Gasteiger partial charge in [0.25, 0.3) is 5.91 Å². The van der Waals surface area contributed by atoms with E-state index in [0.717, 1.165) is 24.0 Å². The number of carbonyl (C=O) groups excluding carboxylic acids is 1. The average Bonchev–Trinajstić information content (AvgIpc) is 3.31. The van der Waals surface area contributed by atoms with Crippen LogP contribution in [0.1, 0.15) is 83.5 Å². The maximum absolute atomic E-state index is 14.3. The molecule has 0 unspecified atom stereocenters. The lowest BCUT2D eigenvalue weighted by Crippen LogP contribution is -2.51. The van der Waals surface area contributed by atoms with Crippen molar-refractivity contribution in [1.29, 1.82) is 0 Å².